The number of nitrogens with zero attached hydrogens (tertiary/aromatic N) is 5. The molecule has 2 unspecified atom stereocenters. The fourth-order valence-electron chi connectivity index (χ4n) is 5.94. The molecule has 5 aromatic rings. The molecule has 2 aromatic heterocycles. The van der Waals surface area contributed by atoms with E-state index in [0.29, 0.717) is 34.1 Å². The molecule has 14 heteroatoms. The highest BCUT2D eigenvalue weighted by Gasteiger charge is 2.28. The lowest BCUT2D eigenvalue weighted by Crippen LogP contribution is -2.25. The number of aryl methyl sites for hydroxylation is 2. The molecule has 0 aliphatic rings. The Morgan fingerprint density at radius 1 is 0.900 bits per heavy atom. The minimum Gasteiger partial charge on any atom is -0.385 e. The summed E-state index contributed by atoms with van der Waals surface area (Å²) in [6, 6.07) is 19.8. The Bertz CT molecular complexity index is 2280. The van der Waals surface area contributed by atoms with Gasteiger partial charge in [-0.25, -0.2) is 14.3 Å². The van der Waals surface area contributed by atoms with Crippen LogP contribution in [-0.2, 0) is 27.9 Å². The molecular weight excluding hydrogens is 673 g/mol. The summed E-state index contributed by atoms with van der Waals surface area (Å²) in [7, 11) is 0. The van der Waals surface area contributed by atoms with Crippen molar-refractivity contribution in [3.05, 3.63) is 106 Å². The van der Waals surface area contributed by atoms with Gasteiger partial charge in [-0.05, 0) is 78.1 Å². The summed E-state index contributed by atoms with van der Waals surface area (Å²) in [4.78, 5) is 6.84. The molecule has 0 radical (unpaired) electrons. The maximum absolute atomic E-state index is 13.1. The standard InChI is InChI=1S/C36H36N8O4S2/c1-22-13-15-25(36(6,7)21-35(3,4)5)18-29(22)47-50(46)43-27-16-14-23(2)30(19-27)48-49(45)42-26-12-10-11-24(17-26)32-40-41-33-28(20-37)31(38-8)34(39-9)44(32)33/h10-19,41-43H,21H2,1-7H3. The Balaban J connectivity index is 1.29. The molecule has 5 rings (SSSR count). The SMILES string of the molecule is [C-]#[N+]c1c(C#N)c2[nH]nc(-c3cccc(NS(=O)Oc4cc(NS(=O)Oc5cc(C(C)(C)CC(C)(C)C)ccc5C)ccc4C)c3)n2c1[N+]#[C-]. The van der Waals surface area contributed by atoms with Crippen LogP contribution in [0, 0.1) is 43.7 Å². The molecule has 2 atom stereocenters. The van der Waals surface area contributed by atoms with E-state index in [1.165, 1.54) is 4.40 Å². The number of anilines is 2. The quantitative estimate of drug-likeness (QED) is 0.117. The molecule has 0 spiro atoms. The fraction of sp³-hybridized carbons (Fsp3) is 0.278. The molecule has 3 aromatic carbocycles. The van der Waals surface area contributed by atoms with Gasteiger partial charge in [0.15, 0.2) is 0 Å². The van der Waals surface area contributed by atoms with E-state index >= 15 is 0 Å². The van der Waals surface area contributed by atoms with Gasteiger partial charge in [0.05, 0.1) is 24.0 Å². The summed E-state index contributed by atoms with van der Waals surface area (Å²) in [5.74, 6) is 1.07. The van der Waals surface area contributed by atoms with Gasteiger partial charge in [-0.2, -0.15) is 13.7 Å². The Morgan fingerprint density at radius 3 is 2.12 bits per heavy atom. The minimum atomic E-state index is -2.05. The largest absolute Gasteiger partial charge is 0.385 e. The van der Waals surface area contributed by atoms with E-state index < -0.39 is 22.5 Å². The number of hydrogen-bond donors (Lipinski definition) is 3. The van der Waals surface area contributed by atoms with Crippen LogP contribution < -0.4 is 17.8 Å². The van der Waals surface area contributed by atoms with Crippen LogP contribution in [0.15, 0.2) is 60.7 Å². The molecule has 0 amide bonds. The number of fused-ring (bicyclic) bond motifs is 1. The molecule has 0 bridgehead atoms. The molecule has 0 saturated heterocycles. The monoisotopic (exact) mass is 708 g/mol. The van der Waals surface area contributed by atoms with E-state index in [1.54, 1.807) is 49.4 Å². The van der Waals surface area contributed by atoms with Crippen molar-refractivity contribution in [2.45, 2.75) is 60.3 Å². The van der Waals surface area contributed by atoms with Crippen molar-refractivity contribution < 1.29 is 16.8 Å². The lowest BCUT2D eigenvalue weighted by atomic mass is 9.72. The Hall–Kier alpha value is -5.62. The predicted molar refractivity (Wildman–Crippen MR) is 196 cm³/mol. The first-order chi connectivity index (χ1) is 23.6. The number of hydrogen-bond acceptors (Lipinski definition) is 6. The van der Waals surface area contributed by atoms with Crippen LogP contribution in [-0.4, -0.2) is 23.0 Å². The van der Waals surface area contributed by atoms with E-state index in [-0.39, 0.29) is 39.3 Å². The number of aromatic nitrogens is 3. The van der Waals surface area contributed by atoms with Gasteiger partial charge in [0, 0.05) is 11.6 Å². The maximum atomic E-state index is 13.1. The molecule has 12 nitrogen and oxygen atoms in total. The number of nitriles is 1. The average Bonchev–Trinajstić information content (AvgIpc) is 3.60. The summed E-state index contributed by atoms with van der Waals surface area (Å²) >= 11 is -3.99. The summed E-state index contributed by atoms with van der Waals surface area (Å²) < 4.78 is 44.9. The highest BCUT2D eigenvalue weighted by molar-refractivity contribution is 7.82. The third-order valence-corrected chi connectivity index (χ3v) is 9.38. The zero-order valence-electron chi connectivity index (χ0n) is 28.7. The smallest absolute Gasteiger partial charge is 0.316 e. The van der Waals surface area contributed by atoms with Crippen molar-refractivity contribution in [3.63, 3.8) is 0 Å². The van der Waals surface area contributed by atoms with E-state index in [0.717, 1.165) is 17.5 Å². The number of aromatic amines is 1. The van der Waals surface area contributed by atoms with E-state index in [9.17, 15) is 13.7 Å². The van der Waals surface area contributed by atoms with Gasteiger partial charge in [0.25, 0.3) is 0 Å². The lowest BCUT2D eigenvalue weighted by molar-refractivity contribution is 0.284. The highest BCUT2D eigenvalue weighted by atomic mass is 32.2. The van der Waals surface area contributed by atoms with E-state index in [1.807, 2.05) is 25.1 Å². The minimum absolute atomic E-state index is 0.0282. The second-order valence-corrected chi connectivity index (χ2v) is 15.3. The van der Waals surface area contributed by atoms with Crippen LogP contribution in [0.3, 0.4) is 0 Å². The van der Waals surface area contributed by atoms with Crippen LogP contribution in [0.4, 0.5) is 22.9 Å². The van der Waals surface area contributed by atoms with Crippen LogP contribution in [0.5, 0.6) is 11.5 Å². The van der Waals surface area contributed by atoms with Crippen molar-refractivity contribution in [2.75, 3.05) is 9.44 Å². The molecular formula is C36H36N8O4S2. The van der Waals surface area contributed by atoms with Crippen molar-refractivity contribution in [3.8, 4) is 29.0 Å². The van der Waals surface area contributed by atoms with Crippen LogP contribution in [0.1, 0.15) is 63.3 Å². The Morgan fingerprint density at radius 2 is 1.52 bits per heavy atom. The molecule has 256 valence electrons. The maximum Gasteiger partial charge on any atom is 0.316 e. The third kappa shape index (κ3) is 7.65. The van der Waals surface area contributed by atoms with Gasteiger partial charge >= 0.3 is 22.5 Å². The zero-order chi connectivity index (χ0) is 36.4. The third-order valence-electron chi connectivity index (χ3n) is 7.91. The first-order valence-electron chi connectivity index (χ1n) is 15.5. The molecule has 2 heterocycles. The first-order valence-corrected chi connectivity index (χ1v) is 17.6. The normalized spacial score (nSPS) is 12.7. The van der Waals surface area contributed by atoms with Gasteiger partial charge in [-0.3, -0.25) is 9.44 Å². The topological polar surface area (TPSA) is 142 Å². The predicted octanol–water partition coefficient (Wildman–Crippen LogP) is 8.77. The molecule has 0 aliphatic heterocycles. The molecule has 0 saturated carbocycles. The summed E-state index contributed by atoms with van der Waals surface area (Å²) in [5.41, 5.74) is 4.26. The number of nitrogens with one attached hydrogen (secondary N) is 3. The second-order valence-electron chi connectivity index (χ2n) is 13.6. The summed E-state index contributed by atoms with van der Waals surface area (Å²) in [6.45, 7) is 29.7. The molecule has 50 heavy (non-hydrogen) atoms. The van der Waals surface area contributed by atoms with Gasteiger partial charge in [0.2, 0.25) is 23.0 Å². The number of benzene rings is 3. The molecule has 3 N–H and O–H groups in total. The van der Waals surface area contributed by atoms with Crippen LogP contribution in [0.25, 0.3) is 26.7 Å². The Kier molecular flexibility index (Phi) is 10.0. The van der Waals surface area contributed by atoms with Gasteiger partial charge < -0.3 is 13.2 Å². The average molecular weight is 709 g/mol. The summed E-state index contributed by atoms with van der Waals surface area (Å²) in [5, 5.41) is 16.6. The first kappa shape index (κ1) is 35.7. The van der Waals surface area contributed by atoms with Crippen LogP contribution >= 0.6 is 0 Å². The van der Waals surface area contributed by atoms with Gasteiger partial charge in [0.1, 0.15) is 17.1 Å². The Labute approximate surface area is 296 Å². The molecule has 0 fully saturated rings. The van der Waals surface area contributed by atoms with Gasteiger partial charge in [-0.15, -0.1) is 5.10 Å². The van der Waals surface area contributed by atoms with Gasteiger partial charge in [-0.1, -0.05) is 65.5 Å². The van der Waals surface area contributed by atoms with Crippen molar-refractivity contribution >= 4 is 51.1 Å². The zero-order valence-corrected chi connectivity index (χ0v) is 30.3. The lowest BCUT2D eigenvalue weighted by Gasteiger charge is -2.33. The highest BCUT2D eigenvalue weighted by Crippen LogP contribution is 2.40. The van der Waals surface area contributed by atoms with Crippen LogP contribution in [0.2, 0.25) is 0 Å². The molecule has 0 aliphatic carbocycles. The van der Waals surface area contributed by atoms with Crippen molar-refractivity contribution in [2.24, 2.45) is 5.41 Å². The van der Waals surface area contributed by atoms with Crippen molar-refractivity contribution in [1.29, 1.82) is 5.26 Å². The van der Waals surface area contributed by atoms with E-state index in [4.69, 9.17) is 21.5 Å². The second kappa shape index (κ2) is 14.1. The fourth-order valence-corrected chi connectivity index (χ4v) is 7.34. The summed E-state index contributed by atoms with van der Waals surface area (Å²) in [6.07, 6.45) is 0.957. The van der Waals surface area contributed by atoms with E-state index in [2.05, 4.69) is 70.0 Å². The number of rotatable bonds is 11. The number of H-pyrrole nitrogens is 1. The van der Waals surface area contributed by atoms with Crippen molar-refractivity contribution in [1.82, 2.24) is 14.6 Å².